The molecule has 0 spiro atoms. The molecule has 0 aliphatic carbocycles. The van der Waals surface area contributed by atoms with Crippen LogP contribution in [0.1, 0.15) is 37.3 Å². The zero-order valence-electron chi connectivity index (χ0n) is 17.1. The number of rotatable bonds is 9. The molecule has 1 fully saturated rings. The Hall–Kier alpha value is -2.33. The molecule has 2 aromatic rings. The van der Waals surface area contributed by atoms with Crippen LogP contribution in [-0.2, 0) is 17.8 Å². The third kappa shape index (κ3) is 6.38. The van der Waals surface area contributed by atoms with E-state index in [2.05, 4.69) is 69.7 Å². The van der Waals surface area contributed by atoms with Crippen LogP contribution in [0.25, 0.3) is 0 Å². The highest BCUT2D eigenvalue weighted by Crippen LogP contribution is 2.16. The monoisotopic (exact) mass is 379 g/mol. The van der Waals surface area contributed by atoms with Crippen molar-refractivity contribution in [3.05, 3.63) is 65.7 Å². The van der Waals surface area contributed by atoms with Gasteiger partial charge < -0.3 is 10.2 Å². The molecular weight excluding hydrogens is 346 g/mol. The quantitative estimate of drug-likeness (QED) is 0.672. The lowest BCUT2D eigenvalue weighted by molar-refractivity contribution is -0.120. The number of benzene rings is 2. The van der Waals surface area contributed by atoms with Gasteiger partial charge in [-0.3, -0.25) is 9.69 Å². The fraction of sp³-hybridized carbons (Fsp3) is 0.458. The Morgan fingerprint density at radius 1 is 0.893 bits per heavy atom. The van der Waals surface area contributed by atoms with Crippen LogP contribution in [0.5, 0.6) is 0 Å². The zero-order valence-corrected chi connectivity index (χ0v) is 17.1. The normalized spacial score (nSPS) is 14.8. The van der Waals surface area contributed by atoms with Gasteiger partial charge in [-0.1, -0.05) is 49.4 Å². The fourth-order valence-corrected chi connectivity index (χ4v) is 3.68. The number of carbonyl (C=O) groups is 1. The molecule has 1 aliphatic rings. The van der Waals surface area contributed by atoms with E-state index >= 15 is 0 Å². The zero-order chi connectivity index (χ0) is 19.6. The Labute approximate surface area is 169 Å². The Balaban J connectivity index is 1.30. The molecule has 0 radical (unpaired) electrons. The maximum Gasteiger partial charge on any atom is 0.219 e. The standard InChI is InChI=1S/C24H33N3O/c1-2-24(28)25-20-22-13-11-21(12-14-22)8-6-7-15-26-16-18-27(19-17-26)23-9-4-3-5-10-23/h3-5,9-14H,2,6-8,15-20H2,1H3,(H,25,28). The van der Waals surface area contributed by atoms with Crippen LogP contribution in [-0.4, -0.2) is 43.5 Å². The van der Waals surface area contributed by atoms with Gasteiger partial charge in [-0.25, -0.2) is 0 Å². The highest BCUT2D eigenvalue weighted by molar-refractivity contribution is 5.75. The number of nitrogens with one attached hydrogen (secondary N) is 1. The van der Waals surface area contributed by atoms with E-state index in [1.807, 2.05) is 6.92 Å². The third-order valence-electron chi connectivity index (χ3n) is 5.52. The molecule has 4 heteroatoms. The number of aryl methyl sites for hydroxylation is 1. The van der Waals surface area contributed by atoms with E-state index < -0.39 is 0 Å². The second-order valence-corrected chi connectivity index (χ2v) is 7.57. The Bertz CT molecular complexity index is 706. The van der Waals surface area contributed by atoms with Crippen molar-refractivity contribution in [3.8, 4) is 0 Å². The van der Waals surface area contributed by atoms with E-state index in [4.69, 9.17) is 0 Å². The first-order chi connectivity index (χ1) is 13.7. The van der Waals surface area contributed by atoms with Gasteiger partial charge in [0.25, 0.3) is 0 Å². The predicted octanol–water partition coefficient (Wildman–Crippen LogP) is 3.86. The van der Waals surface area contributed by atoms with Crippen LogP contribution >= 0.6 is 0 Å². The largest absolute Gasteiger partial charge is 0.369 e. The molecular formula is C24H33N3O. The lowest BCUT2D eigenvalue weighted by Gasteiger charge is -2.36. The van der Waals surface area contributed by atoms with E-state index in [1.165, 1.54) is 36.2 Å². The molecule has 3 rings (SSSR count). The van der Waals surface area contributed by atoms with Crippen molar-refractivity contribution in [2.75, 3.05) is 37.6 Å². The van der Waals surface area contributed by atoms with Crippen molar-refractivity contribution in [1.29, 1.82) is 0 Å². The van der Waals surface area contributed by atoms with Gasteiger partial charge in [0.05, 0.1) is 0 Å². The lowest BCUT2D eigenvalue weighted by atomic mass is 10.1. The predicted molar refractivity (Wildman–Crippen MR) is 117 cm³/mol. The van der Waals surface area contributed by atoms with Gasteiger partial charge in [0.2, 0.25) is 5.91 Å². The minimum Gasteiger partial charge on any atom is -0.369 e. The smallest absolute Gasteiger partial charge is 0.219 e. The Kier molecular flexibility index (Phi) is 7.92. The summed E-state index contributed by atoms with van der Waals surface area (Å²) in [7, 11) is 0. The first-order valence-electron chi connectivity index (χ1n) is 10.6. The molecule has 1 heterocycles. The van der Waals surface area contributed by atoms with Crippen LogP contribution < -0.4 is 10.2 Å². The Morgan fingerprint density at radius 2 is 1.57 bits per heavy atom. The van der Waals surface area contributed by atoms with Gasteiger partial charge in [-0.05, 0) is 49.1 Å². The van der Waals surface area contributed by atoms with E-state index in [0.29, 0.717) is 13.0 Å². The summed E-state index contributed by atoms with van der Waals surface area (Å²) in [6, 6.07) is 19.4. The SMILES string of the molecule is CCC(=O)NCc1ccc(CCCCN2CCN(c3ccccc3)CC2)cc1. The molecule has 0 bridgehead atoms. The molecule has 0 saturated carbocycles. The van der Waals surface area contributed by atoms with Gasteiger partial charge in [0, 0.05) is 44.8 Å². The van der Waals surface area contributed by atoms with Crippen molar-refractivity contribution in [2.24, 2.45) is 0 Å². The van der Waals surface area contributed by atoms with Crippen LogP contribution in [0.15, 0.2) is 54.6 Å². The highest BCUT2D eigenvalue weighted by atomic mass is 16.1. The summed E-state index contributed by atoms with van der Waals surface area (Å²) >= 11 is 0. The molecule has 1 N–H and O–H groups in total. The molecule has 1 aliphatic heterocycles. The van der Waals surface area contributed by atoms with Gasteiger partial charge in [0.1, 0.15) is 0 Å². The number of carbonyl (C=O) groups excluding carboxylic acids is 1. The minimum atomic E-state index is 0.105. The number of unbranched alkanes of at least 4 members (excludes halogenated alkanes) is 1. The number of para-hydroxylation sites is 1. The van der Waals surface area contributed by atoms with Crippen molar-refractivity contribution in [2.45, 2.75) is 39.2 Å². The first kappa shape index (κ1) is 20.4. The van der Waals surface area contributed by atoms with Crippen molar-refractivity contribution in [3.63, 3.8) is 0 Å². The number of amides is 1. The van der Waals surface area contributed by atoms with E-state index in [9.17, 15) is 4.79 Å². The molecule has 2 aromatic carbocycles. The summed E-state index contributed by atoms with van der Waals surface area (Å²) in [4.78, 5) is 16.4. The van der Waals surface area contributed by atoms with Crippen LogP contribution in [0.2, 0.25) is 0 Å². The van der Waals surface area contributed by atoms with Crippen molar-refractivity contribution < 1.29 is 4.79 Å². The second-order valence-electron chi connectivity index (χ2n) is 7.57. The number of hydrogen-bond donors (Lipinski definition) is 1. The summed E-state index contributed by atoms with van der Waals surface area (Å²) in [6.45, 7) is 8.27. The lowest BCUT2D eigenvalue weighted by Crippen LogP contribution is -2.46. The first-order valence-corrected chi connectivity index (χ1v) is 10.6. The van der Waals surface area contributed by atoms with E-state index in [0.717, 1.165) is 32.6 Å². The molecule has 0 unspecified atom stereocenters. The number of nitrogens with zero attached hydrogens (tertiary/aromatic N) is 2. The summed E-state index contributed by atoms with van der Waals surface area (Å²) in [5, 5.41) is 2.92. The summed E-state index contributed by atoms with van der Waals surface area (Å²) in [5.41, 5.74) is 3.90. The summed E-state index contributed by atoms with van der Waals surface area (Å²) in [6.07, 6.45) is 4.15. The Morgan fingerprint density at radius 3 is 2.25 bits per heavy atom. The van der Waals surface area contributed by atoms with Gasteiger partial charge >= 0.3 is 0 Å². The maximum absolute atomic E-state index is 11.3. The number of anilines is 1. The topological polar surface area (TPSA) is 35.6 Å². The molecule has 1 amide bonds. The fourth-order valence-electron chi connectivity index (χ4n) is 3.68. The second kappa shape index (κ2) is 10.9. The maximum atomic E-state index is 11.3. The molecule has 1 saturated heterocycles. The molecule has 0 aromatic heterocycles. The van der Waals surface area contributed by atoms with Crippen molar-refractivity contribution in [1.82, 2.24) is 10.2 Å². The number of piperazine rings is 1. The molecule has 0 atom stereocenters. The van der Waals surface area contributed by atoms with Crippen LogP contribution in [0.4, 0.5) is 5.69 Å². The summed E-state index contributed by atoms with van der Waals surface area (Å²) in [5.74, 6) is 0.105. The van der Waals surface area contributed by atoms with E-state index in [-0.39, 0.29) is 5.91 Å². The average Bonchev–Trinajstić information content (AvgIpc) is 2.77. The number of hydrogen-bond acceptors (Lipinski definition) is 3. The average molecular weight is 380 g/mol. The summed E-state index contributed by atoms with van der Waals surface area (Å²) < 4.78 is 0. The van der Waals surface area contributed by atoms with Crippen LogP contribution in [0.3, 0.4) is 0 Å². The highest BCUT2D eigenvalue weighted by Gasteiger charge is 2.16. The van der Waals surface area contributed by atoms with Gasteiger partial charge in [-0.2, -0.15) is 0 Å². The van der Waals surface area contributed by atoms with Crippen molar-refractivity contribution >= 4 is 11.6 Å². The molecule has 150 valence electrons. The molecule has 4 nitrogen and oxygen atoms in total. The minimum absolute atomic E-state index is 0.105. The van der Waals surface area contributed by atoms with Gasteiger partial charge in [-0.15, -0.1) is 0 Å². The molecule has 28 heavy (non-hydrogen) atoms. The van der Waals surface area contributed by atoms with Gasteiger partial charge in [0.15, 0.2) is 0 Å². The van der Waals surface area contributed by atoms with E-state index in [1.54, 1.807) is 0 Å². The third-order valence-corrected chi connectivity index (χ3v) is 5.52. The van der Waals surface area contributed by atoms with Crippen LogP contribution in [0, 0.1) is 0 Å².